The van der Waals surface area contributed by atoms with Crippen molar-refractivity contribution in [3.8, 4) is 0 Å². The molecule has 5 heteroatoms. The van der Waals surface area contributed by atoms with E-state index in [0.717, 1.165) is 0 Å². The second-order valence-corrected chi connectivity index (χ2v) is 2.09. The number of hydrogen-bond donors (Lipinski definition) is 1. The first-order chi connectivity index (χ1) is 5.07. The maximum absolute atomic E-state index is 10.6. The van der Waals surface area contributed by atoms with Crippen LogP contribution < -0.4 is 5.32 Å². The Morgan fingerprint density at radius 1 is 1.45 bits per heavy atom. The third-order valence-electron chi connectivity index (χ3n) is 0.827. The lowest BCUT2D eigenvalue weighted by molar-refractivity contribution is -0.136. The van der Waals surface area contributed by atoms with Crippen LogP contribution in [0.15, 0.2) is 4.99 Å². The van der Waals surface area contributed by atoms with Gasteiger partial charge in [-0.25, -0.2) is 0 Å². The monoisotopic (exact) mass is 157 g/mol. The maximum atomic E-state index is 10.6. The first kappa shape index (κ1) is 9.61. The van der Waals surface area contributed by atoms with Crippen LogP contribution in [0, 0.1) is 0 Å². The largest absolute Gasteiger partial charge is 0.369 e. The molecule has 0 radical (unpaired) electrons. The maximum Gasteiger partial charge on any atom is 0.336 e. The summed E-state index contributed by atoms with van der Waals surface area (Å²) < 4.78 is 0. The second kappa shape index (κ2) is 4.43. The number of nitrogens with zero attached hydrogens (tertiary/aromatic N) is 2. The third kappa shape index (κ3) is 4.07. The Bertz CT molecular complexity index is 186. The number of aliphatic imine (C=N–C) groups is 1. The van der Waals surface area contributed by atoms with Crippen molar-refractivity contribution in [3.63, 3.8) is 0 Å². The average Bonchev–Trinajstić information content (AvgIpc) is 1.98. The van der Waals surface area contributed by atoms with E-state index < -0.39 is 11.8 Å². The van der Waals surface area contributed by atoms with Gasteiger partial charge in [-0.15, -0.1) is 0 Å². The third-order valence-corrected chi connectivity index (χ3v) is 0.827. The van der Waals surface area contributed by atoms with Crippen LogP contribution in [0.5, 0.6) is 0 Å². The van der Waals surface area contributed by atoms with Crippen LogP contribution in [-0.2, 0) is 9.59 Å². The van der Waals surface area contributed by atoms with Crippen LogP contribution in [0.4, 0.5) is 0 Å². The fourth-order valence-corrected chi connectivity index (χ4v) is 0.333. The highest BCUT2D eigenvalue weighted by Crippen LogP contribution is 1.74. The van der Waals surface area contributed by atoms with Gasteiger partial charge in [-0.2, -0.15) is 4.99 Å². The zero-order chi connectivity index (χ0) is 8.85. The highest BCUT2D eigenvalue weighted by Gasteiger charge is 2.07. The fourth-order valence-electron chi connectivity index (χ4n) is 0.333. The van der Waals surface area contributed by atoms with E-state index in [4.69, 9.17) is 0 Å². The molecule has 11 heavy (non-hydrogen) atoms. The van der Waals surface area contributed by atoms with E-state index in [1.165, 1.54) is 13.4 Å². The minimum Gasteiger partial charge on any atom is -0.369 e. The van der Waals surface area contributed by atoms with E-state index >= 15 is 0 Å². The summed E-state index contributed by atoms with van der Waals surface area (Å²) in [7, 11) is 4.80. The van der Waals surface area contributed by atoms with Gasteiger partial charge in [-0.05, 0) is 0 Å². The van der Waals surface area contributed by atoms with Gasteiger partial charge in [0.25, 0.3) is 0 Å². The number of likely N-dealkylation sites (N-methyl/N-ethyl adjacent to an activating group) is 1. The van der Waals surface area contributed by atoms with Crippen LogP contribution in [0.2, 0.25) is 0 Å². The number of rotatable bonds is 1. The predicted molar refractivity (Wildman–Crippen MR) is 41.3 cm³/mol. The Hall–Kier alpha value is -1.39. The highest BCUT2D eigenvalue weighted by molar-refractivity contribution is 6.36. The summed E-state index contributed by atoms with van der Waals surface area (Å²) in [6, 6.07) is 0. The van der Waals surface area contributed by atoms with Crippen molar-refractivity contribution < 1.29 is 9.59 Å². The molecule has 2 amide bonds. The predicted octanol–water partition coefficient (Wildman–Crippen LogP) is -1.15. The molecular formula is C6H11N3O2. The molecule has 0 bridgehead atoms. The van der Waals surface area contributed by atoms with Crippen molar-refractivity contribution in [1.29, 1.82) is 0 Å². The van der Waals surface area contributed by atoms with Crippen molar-refractivity contribution in [2.75, 3.05) is 21.1 Å². The summed E-state index contributed by atoms with van der Waals surface area (Å²) in [6.07, 6.45) is 1.28. The van der Waals surface area contributed by atoms with Gasteiger partial charge >= 0.3 is 11.8 Å². The lowest BCUT2D eigenvalue weighted by Crippen LogP contribution is -2.26. The summed E-state index contributed by atoms with van der Waals surface area (Å²) in [6.45, 7) is 0. The molecule has 0 aromatic heterocycles. The molecule has 0 saturated heterocycles. The summed E-state index contributed by atoms with van der Waals surface area (Å²) in [5.74, 6) is -1.50. The van der Waals surface area contributed by atoms with E-state index in [-0.39, 0.29) is 0 Å². The number of amides is 2. The minimum absolute atomic E-state index is 0.705. The van der Waals surface area contributed by atoms with Crippen molar-refractivity contribution in [2.24, 2.45) is 4.99 Å². The topological polar surface area (TPSA) is 61.8 Å². The highest BCUT2D eigenvalue weighted by atomic mass is 16.2. The Kier molecular flexibility index (Phi) is 3.87. The SMILES string of the molecule is CNC(=O)C(=O)N=CN(C)C. The Morgan fingerprint density at radius 2 is 2.00 bits per heavy atom. The van der Waals surface area contributed by atoms with Crippen LogP contribution in [0.25, 0.3) is 0 Å². The molecule has 0 atom stereocenters. The van der Waals surface area contributed by atoms with E-state index in [9.17, 15) is 9.59 Å². The Balaban J connectivity index is 3.97. The molecule has 0 aromatic carbocycles. The number of carbonyl (C=O) groups is 2. The summed E-state index contributed by atoms with van der Waals surface area (Å²) in [5.41, 5.74) is 0. The van der Waals surface area contributed by atoms with Gasteiger partial charge in [0.2, 0.25) is 0 Å². The molecule has 0 fully saturated rings. The van der Waals surface area contributed by atoms with Crippen LogP contribution in [0.3, 0.4) is 0 Å². The Labute approximate surface area is 65.1 Å². The van der Waals surface area contributed by atoms with E-state index in [1.807, 2.05) is 0 Å². The summed E-state index contributed by atoms with van der Waals surface area (Å²) >= 11 is 0. The molecule has 0 aliphatic rings. The van der Waals surface area contributed by atoms with Gasteiger partial charge < -0.3 is 10.2 Å². The fraction of sp³-hybridized carbons (Fsp3) is 0.500. The molecule has 0 aromatic rings. The summed E-state index contributed by atoms with van der Waals surface area (Å²) in [5, 5.41) is 2.17. The van der Waals surface area contributed by atoms with Gasteiger partial charge in [0.05, 0.1) is 6.34 Å². The molecule has 0 saturated carbocycles. The van der Waals surface area contributed by atoms with E-state index in [1.54, 1.807) is 19.0 Å². The zero-order valence-electron chi connectivity index (χ0n) is 6.79. The lowest BCUT2D eigenvalue weighted by Gasteiger charge is -2.00. The zero-order valence-corrected chi connectivity index (χ0v) is 6.79. The molecule has 0 heterocycles. The molecule has 5 nitrogen and oxygen atoms in total. The number of hydrogen-bond acceptors (Lipinski definition) is 2. The van der Waals surface area contributed by atoms with Crippen molar-refractivity contribution in [1.82, 2.24) is 10.2 Å². The van der Waals surface area contributed by atoms with Crippen molar-refractivity contribution in [2.45, 2.75) is 0 Å². The molecule has 0 aliphatic carbocycles. The molecule has 0 aliphatic heterocycles. The molecule has 1 N–H and O–H groups in total. The average molecular weight is 157 g/mol. The van der Waals surface area contributed by atoms with Gasteiger partial charge in [-0.1, -0.05) is 0 Å². The molecule has 0 spiro atoms. The van der Waals surface area contributed by atoms with E-state index in [0.29, 0.717) is 0 Å². The van der Waals surface area contributed by atoms with E-state index in [2.05, 4.69) is 10.3 Å². The molecule has 62 valence electrons. The standard InChI is InChI=1S/C6H11N3O2/c1-7-5(10)6(11)8-4-9(2)3/h4H,1-3H3,(H,7,10). The lowest BCUT2D eigenvalue weighted by atomic mass is 10.6. The van der Waals surface area contributed by atoms with Crippen LogP contribution >= 0.6 is 0 Å². The van der Waals surface area contributed by atoms with Gasteiger partial charge in [0.1, 0.15) is 0 Å². The van der Waals surface area contributed by atoms with Gasteiger partial charge in [0, 0.05) is 21.1 Å². The van der Waals surface area contributed by atoms with Crippen molar-refractivity contribution >= 4 is 18.2 Å². The van der Waals surface area contributed by atoms with Crippen LogP contribution in [-0.4, -0.2) is 44.2 Å². The minimum atomic E-state index is -0.791. The second-order valence-electron chi connectivity index (χ2n) is 2.09. The summed E-state index contributed by atoms with van der Waals surface area (Å²) in [4.78, 5) is 26.1. The van der Waals surface area contributed by atoms with Crippen LogP contribution in [0.1, 0.15) is 0 Å². The quantitative estimate of drug-likeness (QED) is 0.297. The number of nitrogens with one attached hydrogen (secondary N) is 1. The first-order valence-electron chi connectivity index (χ1n) is 3.04. The normalized spacial score (nSPS) is 9.73. The molecular weight excluding hydrogens is 146 g/mol. The smallest absolute Gasteiger partial charge is 0.336 e. The Morgan fingerprint density at radius 3 is 2.36 bits per heavy atom. The van der Waals surface area contributed by atoms with Crippen molar-refractivity contribution in [3.05, 3.63) is 0 Å². The van der Waals surface area contributed by atoms with Gasteiger partial charge in [0.15, 0.2) is 0 Å². The molecule has 0 unspecified atom stereocenters. The first-order valence-corrected chi connectivity index (χ1v) is 3.04. The van der Waals surface area contributed by atoms with Gasteiger partial charge in [-0.3, -0.25) is 9.59 Å². The number of carbonyl (C=O) groups excluding carboxylic acids is 2. The molecule has 0 rings (SSSR count).